The van der Waals surface area contributed by atoms with Gasteiger partial charge in [-0.25, -0.2) is 4.79 Å². The quantitative estimate of drug-likeness (QED) is 0.496. The highest BCUT2D eigenvalue weighted by molar-refractivity contribution is 6.09. The predicted octanol–water partition coefficient (Wildman–Crippen LogP) is 0.626. The average Bonchev–Trinajstić information content (AvgIpc) is 3.42. The molecule has 1 aromatic carbocycles. The monoisotopic (exact) mass is 435 g/mol. The number of pyridine rings is 1. The third kappa shape index (κ3) is 2.78. The lowest BCUT2D eigenvalue weighted by Crippen LogP contribution is -2.52. The Morgan fingerprint density at radius 3 is 2.78 bits per heavy atom. The molecule has 0 bridgehead atoms. The number of nitrogens with one attached hydrogen (secondary N) is 2. The minimum absolute atomic E-state index is 0.0332. The second kappa shape index (κ2) is 6.80. The number of primary amides is 1. The third-order valence-electron chi connectivity index (χ3n) is 5.66. The van der Waals surface area contributed by atoms with E-state index in [1.165, 1.54) is 30.3 Å². The topological polar surface area (TPSA) is 157 Å². The minimum atomic E-state index is -1.70. The van der Waals surface area contributed by atoms with Crippen LogP contribution in [0.2, 0.25) is 0 Å². The van der Waals surface area contributed by atoms with Crippen molar-refractivity contribution in [1.29, 1.82) is 0 Å². The molecule has 2 aliphatic heterocycles. The Kier molecular flexibility index (Phi) is 4.16. The van der Waals surface area contributed by atoms with Crippen molar-refractivity contribution in [1.82, 2.24) is 20.5 Å². The SMILES string of the molecule is COc1ccc2c(c1)C(=O)N(C[C@@]1(c3cc4c(C(N)=O)nccc4o3)NC(=O)NC1=O)C2. The number of aromatic nitrogens is 1. The van der Waals surface area contributed by atoms with E-state index in [1.807, 2.05) is 0 Å². The van der Waals surface area contributed by atoms with E-state index in [2.05, 4.69) is 15.6 Å². The van der Waals surface area contributed by atoms with E-state index in [1.54, 1.807) is 18.2 Å². The Balaban J connectivity index is 1.57. The van der Waals surface area contributed by atoms with Crippen LogP contribution in [0.25, 0.3) is 11.0 Å². The summed E-state index contributed by atoms with van der Waals surface area (Å²) < 4.78 is 11.0. The summed E-state index contributed by atoms with van der Waals surface area (Å²) in [5.74, 6) is -1.19. The van der Waals surface area contributed by atoms with Gasteiger partial charge in [0.2, 0.25) is 0 Å². The van der Waals surface area contributed by atoms with Crippen molar-refractivity contribution in [3.63, 3.8) is 0 Å². The molecule has 11 nitrogen and oxygen atoms in total. The number of carbonyl (C=O) groups is 4. The van der Waals surface area contributed by atoms with Crippen LogP contribution in [-0.2, 0) is 16.9 Å². The maximum Gasteiger partial charge on any atom is 0.322 e. The zero-order chi connectivity index (χ0) is 22.6. The predicted molar refractivity (Wildman–Crippen MR) is 109 cm³/mol. The number of carbonyl (C=O) groups excluding carboxylic acids is 4. The summed E-state index contributed by atoms with van der Waals surface area (Å²) in [4.78, 5) is 55.3. The fourth-order valence-corrected chi connectivity index (χ4v) is 4.11. The fourth-order valence-electron chi connectivity index (χ4n) is 4.11. The van der Waals surface area contributed by atoms with E-state index in [9.17, 15) is 19.2 Å². The second-order valence-electron chi connectivity index (χ2n) is 7.54. The van der Waals surface area contributed by atoms with E-state index in [0.29, 0.717) is 16.7 Å². The third-order valence-corrected chi connectivity index (χ3v) is 5.66. The minimum Gasteiger partial charge on any atom is -0.497 e. The van der Waals surface area contributed by atoms with Crippen LogP contribution in [0.1, 0.15) is 32.2 Å². The Labute approximate surface area is 180 Å². The number of rotatable bonds is 5. The van der Waals surface area contributed by atoms with Crippen molar-refractivity contribution in [2.45, 2.75) is 12.1 Å². The second-order valence-corrected chi connectivity index (χ2v) is 7.54. The van der Waals surface area contributed by atoms with Gasteiger partial charge < -0.3 is 25.1 Å². The van der Waals surface area contributed by atoms with E-state index in [-0.39, 0.29) is 36.0 Å². The number of nitrogens with zero attached hydrogens (tertiary/aromatic N) is 2. The summed E-state index contributed by atoms with van der Waals surface area (Å²) in [6.07, 6.45) is 1.35. The number of hydrogen-bond acceptors (Lipinski definition) is 7. The van der Waals surface area contributed by atoms with Gasteiger partial charge in [-0.05, 0) is 29.8 Å². The first-order valence-electron chi connectivity index (χ1n) is 9.61. The van der Waals surface area contributed by atoms with E-state index >= 15 is 0 Å². The molecule has 2 aliphatic rings. The maximum atomic E-state index is 13.1. The van der Waals surface area contributed by atoms with Gasteiger partial charge in [0.05, 0.1) is 19.0 Å². The highest BCUT2D eigenvalue weighted by Crippen LogP contribution is 2.35. The van der Waals surface area contributed by atoms with Gasteiger partial charge in [0, 0.05) is 18.3 Å². The standard InChI is InChI=1S/C21H17N5O6/c1-31-11-3-2-10-8-26(18(28)12(10)6-11)9-21(19(29)24-20(30)25-21)15-7-13-14(32-15)4-5-23-16(13)17(22)27/h2-7H,8-9H2,1H3,(H2,22,27)(H2,24,25,29,30)/t21-/m0/s1. The Morgan fingerprint density at radius 1 is 1.28 bits per heavy atom. The molecule has 0 spiro atoms. The molecule has 0 aliphatic carbocycles. The molecule has 162 valence electrons. The van der Waals surface area contributed by atoms with Crippen LogP contribution in [0.4, 0.5) is 4.79 Å². The molecule has 2 aromatic heterocycles. The maximum absolute atomic E-state index is 13.1. The van der Waals surface area contributed by atoms with Crippen LogP contribution in [0.3, 0.4) is 0 Å². The zero-order valence-corrected chi connectivity index (χ0v) is 16.8. The molecule has 0 saturated carbocycles. The van der Waals surface area contributed by atoms with Crippen molar-refractivity contribution < 1.29 is 28.3 Å². The first kappa shape index (κ1) is 19.5. The summed E-state index contributed by atoms with van der Waals surface area (Å²) in [6.45, 7) is 0.0386. The van der Waals surface area contributed by atoms with Crippen LogP contribution in [0, 0.1) is 0 Å². The van der Waals surface area contributed by atoms with Crippen LogP contribution in [-0.4, -0.2) is 47.3 Å². The number of fused-ring (bicyclic) bond motifs is 2. The van der Waals surface area contributed by atoms with Crippen molar-refractivity contribution in [2.75, 3.05) is 13.7 Å². The molecule has 0 radical (unpaired) electrons. The van der Waals surface area contributed by atoms with Crippen molar-refractivity contribution in [2.24, 2.45) is 5.73 Å². The number of amides is 5. The van der Waals surface area contributed by atoms with E-state index < -0.39 is 23.4 Å². The highest BCUT2D eigenvalue weighted by Gasteiger charge is 2.53. The Hall–Kier alpha value is -4.41. The number of urea groups is 1. The number of methoxy groups -OCH3 is 1. The molecule has 1 fully saturated rings. The van der Waals surface area contributed by atoms with Crippen molar-refractivity contribution >= 4 is 34.7 Å². The van der Waals surface area contributed by atoms with Crippen LogP contribution < -0.4 is 21.1 Å². The first-order valence-corrected chi connectivity index (χ1v) is 9.61. The summed E-state index contributed by atoms with van der Waals surface area (Å²) in [6, 6.07) is 7.37. The molecule has 5 rings (SSSR count). The molecule has 0 unspecified atom stereocenters. The molecule has 4 N–H and O–H groups in total. The van der Waals surface area contributed by atoms with E-state index in [0.717, 1.165) is 5.56 Å². The average molecular weight is 435 g/mol. The van der Waals surface area contributed by atoms with Gasteiger partial charge in [-0.2, -0.15) is 0 Å². The number of benzene rings is 1. The van der Waals surface area contributed by atoms with Crippen molar-refractivity contribution in [3.8, 4) is 5.75 Å². The van der Waals surface area contributed by atoms with Crippen molar-refractivity contribution in [3.05, 3.63) is 59.1 Å². The normalized spacial score (nSPS) is 19.8. The van der Waals surface area contributed by atoms with Crippen LogP contribution in [0.15, 0.2) is 40.9 Å². The Morgan fingerprint density at radius 2 is 2.09 bits per heavy atom. The van der Waals surface area contributed by atoms with Crippen LogP contribution >= 0.6 is 0 Å². The van der Waals surface area contributed by atoms with Gasteiger partial charge in [0.25, 0.3) is 17.7 Å². The highest BCUT2D eigenvalue weighted by atomic mass is 16.5. The molecule has 1 atom stereocenters. The molecular weight excluding hydrogens is 418 g/mol. The molecule has 3 aromatic rings. The summed E-state index contributed by atoms with van der Waals surface area (Å²) >= 11 is 0. The lowest BCUT2D eigenvalue weighted by Gasteiger charge is -2.29. The number of hydrogen-bond donors (Lipinski definition) is 3. The smallest absolute Gasteiger partial charge is 0.322 e. The van der Waals surface area contributed by atoms with Gasteiger partial charge >= 0.3 is 6.03 Å². The summed E-state index contributed by atoms with van der Waals surface area (Å²) in [5, 5.41) is 5.09. The van der Waals surface area contributed by atoms with Gasteiger partial charge in [0.15, 0.2) is 5.54 Å². The Bertz CT molecular complexity index is 1330. The molecule has 5 amide bonds. The molecule has 11 heteroatoms. The fraction of sp³-hybridized carbons (Fsp3) is 0.190. The lowest BCUT2D eigenvalue weighted by atomic mass is 9.95. The van der Waals surface area contributed by atoms with Gasteiger partial charge in [-0.1, -0.05) is 6.07 Å². The number of furan rings is 1. The van der Waals surface area contributed by atoms with Gasteiger partial charge in [-0.15, -0.1) is 0 Å². The zero-order valence-electron chi connectivity index (χ0n) is 16.8. The molecule has 4 heterocycles. The van der Waals surface area contributed by atoms with Gasteiger partial charge in [-0.3, -0.25) is 24.7 Å². The molecular formula is C21H17N5O6. The lowest BCUT2D eigenvalue weighted by molar-refractivity contribution is -0.125. The van der Waals surface area contributed by atoms with E-state index in [4.69, 9.17) is 14.9 Å². The number of imide groups is 1. The molecule has 32 heavy (non-hydrogen) atoms. The number of nitrogens with two attached hydrogens (primary N) is 1. The van der Waals surface area contributed by atoms with Gasteiger partial charge in [0.1, 0.15) is 22.8 Å². The number of ether oxygens (including phenoxy) is 1. The largest absolute Gasteiger partial charge is 0.497 e. The molecule has 1 saturated heterocycles. The first-order chi connectivity index (χ1) is 15.3. The van der Waals surface area contributed by atoms with Crippen LogP contribution in [0.5, 0.6) is 5.75 Å². The summed E-state index contributed by atoms with van der Waals surface area (Å²) in [5.41, 5.74) is 5.14. The summed E-state index contributed by atoms with van der Waals surface area (Å²) in [7, 11) is 1.50.